The summed E-state index contributed by atoms with van der Waals surface area (Å²) in [6.45, 7) is 14.0. The largest absolute Gasteiger partial charge is 0.414 e. The van der Waals surface area contributed by atoms with Crippen LogP contribution in [0.15, 0.2) is 0 Å². The Bertz CT molecular complexity index is 227. The molecule has 0 spiro atoms. The maximum Gasteiger partial charge on any atom is 0.192 e. The summed E-state index contributed by atoms with van der Waals surface area (Å²) in [6.07, 6.45) is 4.53. The fraction of sp³-hybridized carbons (Fsp3) is 0.938. The molecule has 0 amide bonds. The molecule has 18 heavy (non-hydrogen) atoms. The van der Waals surface area contributed by atoms with Crippen molar-refractivity contribution < 1.29 is 4.43 Å². The Hall–Kier alpha value is 0.177. The van der Waals surface area contributed by atoms with Crippen LogP contribution in [-0.2, 0) is 4.43 Å². The Balaban J connectivity index is 2.76. The van der Waals surface area contributed by atoms with Gasteiger partial charge in [0.05, 0.1) is 0 Å². The molecule has 3 atom stereocenters. The van der Waals surface area contributed by atoms with Gasteiger partial charge in [0.25, 0.3) is 0 Å². The molecule has 1 saturated carbocycles. The summed E-state index contributed by atoms with van der Waals surface area (Å²) < 4.78 is 6.79. The minimum atomic E-state index is -1.44. The van der Waals surface area contributed by atoms with Crippen LogP contribution in [0.4, 0.5) is 0 Å². The minimum absolute atomic E-state index is 0.519. The van der Waals surface area contributed by atoms with Crippen molar-refractivity contribution in [3.05, 3.63) is 5.92 Å². The van der Waals surface area contributed by atoms with Gasteiger partial charge in [-0.25, -0.2) is 0 Å². The zero-order valence-electron chi connectivity index (χ0n) is 13.4. The Labute approximate surface area is 116 Å². The smallest absolute Gasteiger partial charge is 0.192 e. The Morgan fingerprint density at radius 3 is 2.06 bits per heavy atom. The molecule has 1 aliphatic rings. The quantitative estimate of drug-likeness (QED) is 0.584. The highest BCUT2D eigenvalue weighted by Crippen LogP contribution is 2.39. The van der Waals surface area contributed by atoms with E-state index in [1.807, 2.05) is 0 Å². The lowest BCUT2D eigenvalue weighted by atomic mass is 9.75. The van der Waals surface area contributed by atoms with E-state index in [0.717, 1.165) is 11.8 Å². The third-order valence-corrected chi connectivity index (χ3v) is 9.80. The molecule has 0 N–H and O–H groups in total. The first-order chi connectivity index (χ1) is 8.48. The highest BCUT2D eigenvalue weighted by molar-refractivity contribution is 6.73. The van der Waals surface area contributed by atoms with Gasteiger partial charge in [-0.3, -0.25) is 0 Å². The van der Waals surface area contributed by atoms with Gasteiger partial charge in [0.1, 0.15) is 0 Å². The SMILES string of the molecule is CC[Si](CC)(CC)OC1CC(C)CCC1[C](C)C. The van der Waals surface area contributed by atoms with Crippen LogP contribution in [-0.4, -0.2) is 14.4 Å². The molecule has 1 aliphatic carbocycles. The van der Waals surface area contributed by atoms with Crippen LogP contribution in [0.2, 0.25) is 18.1 Å². The van der Waals surface area contributed by atoms with E-state index in [1.165, 1.54) is 37.4 Å². The van der Waals surface area contributed by atoms with Gasteiger partial charge in [0, 0.05) is 6.10 Å². The van der Waals surface area contributed by atoms with Crippen molar-refractivity contribution in [1.82, 2.24) is 0 Å². The van der Waals surface area contributed by atoms with Crippen LogP contribution in [0.3, 0.4) is 0 Å². The van der Waals surface area contributed by atoms with Gasteiger partial charge in [-0.2, -0.15) is 0 Å². The summed E-state index contributed by atoms with van der Waals surface area (Å²) in [4.78, 5) is 0. The van der Waals surface area contributed by atoms with Gasteiger partial charge < -0.3 is 4.43 Å². The van der Waals surface area contributed by atoms with Crippen molar-refractivity contribution in [2.75, 3.05) is 0 Å². The predicted octanol–water partition coefficient (Wildman–Crippen LogP) is 5.43. The molecule has 0 heterocycles. The zero-order chi connectivity index (χ0) is 13.8. The van der Waals surface area contributed by atoms with Gasteiger partial charge in [-0.05, 0) is 48.7 Å². The standard InChI is InChI=1S/C16H33OSi/c1-7-18(8-2,9-3)17-16-12-14(6)10-11-15(16)13(4)5/h14-16H,7-12H2,1-6H3. The van der Waals surface area contributed by atoms with Gasteiger partial charge in [-0.1, -0.05) is 48.0 Å². The summed E-state index contributed by atoms with van der Waals surface area (Å²) in [6, 6.07) is 3.83. The number of rotatable bonds is 6. The third kappa shape index (κ3) is 3.83. The van der Waals surface area contributed by atoms with Gasteiger partial charge in [-0.15, -0.1) is 0 Å². The van der Waals surface area contributed by atoms with E-state index in [2.05, 4.69) is 41.5 Å². The molecule has 0 aromatic carbocycles. The minimum Gasteiger partial charge on any atom is -0.414 e. The molecule has 3 unspecified atom stereocenters. The van der Waals surface area contributed by atoms with Gasteiger partial charge in [0.2, 0.25) is 0 Å². The monoisotopic (exact) mass is 269 g/mol. The highest BCUT2D eigenvalue weighted by atomic mass is 28.4. The topological polar surface area (TPSA) is 9.23 Å². The zero-order valence-corrected chi connectivity index (χ0v) is 14.4. The molecule has 107 valence electrons. The van der Waals surface area contributed by atoms with Crippen molar-refractivity contribution in [2.45, 2.75) is 85.0 Å². The summed E-state index contributed by atoms with van der Waals surface area (Å²) in [5.74, 6) is 3.15. The van der Waals surface area contributed by atoms with E-state index in [-0.39, 0.29) is 0 Å². The van der Waals surface area contributed by atoms with E-state index < -0.39 is 8.32 Å². The Morgan fingerprint density at radius 1 is 1.06 bits per heavy atom. The fourth-order valence-electron chi connectivity index (χ4n) is 3.44. The summed E-state index contributed by atoms with van der Waals surface area (Å²) >= 11 is 0. The van der Waals surface area contributed by atoms with E-state index in [1.54, 1.807) is 5.92 Å². The lowest BCUT2D eigenvalue weighted by molar-refractivity contribution is 0.0675. The van der Waals surface area contributed by atoms with Gasteiger partial charge in [0.15, 0.2) is 8.32 Å². The first-order valence-electron chi connectivity index (χ1n) is 7.95. The maximum absolute atomic E-state index is 6.79. The van der Waals surface area contributed by atoms with Crippen LogP contribution in [0.1, 0.15) is 60.8 Å². The second-order valence-electron chi connectivity index (χ2n) is 6.50. The van der Waals surface area contributed by atoms with Crippen molar-refractivity contribution in [2.24, 2.45) is 11.8 Å². The Kier molecular flexibility index (Phi) is 6.39. The molecule has 1 fully saturated rings. The molecular weight excluding hydrogens is 236 g/mol. The molecule has 1 radical (unpaired) electrons. The van der Waals surface area contributed by atoms with Crippen LogP contribution in [0.5, 0.6) is 0 Å². The summed E-state index contributed by atoms with van der Waals surface area (Å²) in [5.41, 5.74) is 0. The van der Waals surface area contributed by atoms with Crippen LogP contribution >= 0.6 is 0 Å². The normalized spacial score (nSPS) is 29.8. The molecule has 0 aromatic rings. The second-order valence-corrected chi connectivity index (χ2v) is 11.2. The van der Waals surface area contributed by atoms with Crippen molar-refractivity contribution in [3.63, 3.8) is 0 Å². The van der Waals surface area contributed by atoms with E-state index in [0.29, 0.717) is 6.10 Å². The molecule has 0 aromatic heterocycles. The highest BCUT2D eigenvalue weighted by Gasteiger charge is 2.38. The molecule has 1 rings (SSSR count). The first kappa shape index (κ1) is 16.2. The maximum atomic E-state index is 6.79. The fourth-order valence-corrected chi connectivity index (χ4v) is 6.34. The summed E-state index contributed by atoms with van der Waals surface area (Å²) in [7, 11) is -1.44. The lowest BCUT2D eigenvalue weighted by Crippen LogP contribution is -2.45. The molecular formula is C16H33OSi. The number of hydrogen-bond donors (Lipinski definition) is 0. The Morgan fingerprint density at radius 2 is 1.61 bits per heavy atom. The first-order valence-corrected chi connectivity index (χ1v) is 10.5. The second kappa shape index (κ2) is 7.09. The third-order valence-electron chi connectivity index (χ3n) is 5.13. The molecule has 0 saturated heterocycles. The van der Waals surface area contributed by atoms with E-state index >= 15 is 0 Å². The molecule has 1 nitrogen and oxygen atoms in total. The summed E-state index contributed by atoms with van der Waals surface area (Å²) in [5, 5.41) is 0. The molecule has 0 bridgehead atoms. The molecule has 2 heteroatoms. The van der Waals surface area contributed by atoms with Crippen molar-refractivity contribution in [1.29, 1.82) is 0 Å². The van der Waals surface area contributed by atoms with Crippen molar-refractivity contribution >= 4 is 8.32 Å². The lowest BCUT2D eigenvalue weighted by Gasteiger charge is -2.42. The van der Waals surface area contributed by atoms with Crippen molar-refractivity contribution in [3.8, 4) is 0 Å². The average molecular weight is 270 g/mol. The van der Waals surface area contributed by atoms with Crippen LogP contribution in [0, 0.1) is 17.8 Å². The molecule has 0 aliphatic heterocycles. The van der Waals surface area contributed by atoms with Crippen LogP contribution in [0.25, 0.3) is 0 Å². The number of hydrogen-bond acceptors (Lipinski definition) is 1. The predicted molar refractivity (Wildman–Crippen MR) is 83.2 cm³/mol. The van der Waals surface area contributed by atoms with E-state index in [4.69, 9.17) is 4.43 Å². The van der Waals surface area contributed by atoms with Crippen LogP contribution < -0.4 is 0 Å². The van der Waals surface area contributed by atoms with E-state index in [9.17, 15) is 0 Å². The average Bonchev–Trinajstić information content (AvgIpc) is 2.36. The van der Waals surface area contributed by atoms with Gasteiger partial charge >= 0.3 is 0 Å².